The van der Waals surface area contributed by atoms with Crippen LogP contribution < -0.4 is 0 Å². The minimum Gasteiger partial charge on any atom is -0.389 e. The molecule has 5 heteroatoms. The molecule has 2 aromatic carbocycles. The highest BCUT2D eigenvalue weighted by Crippen LogP contribution is 2.24. The molecule has 0 bridgehead atoms. The van der Waals surface area contributed by atoms with E-state index in [1.165, 1.54) is 0 Å². The van der Waals surface area contributed by atoms with E-state index in [0.717, 1.165) is 17.0 Å². The summed E-state index contributed by atoms with van der Waals surface area (Å²) in [6, 6.07) is 19.4. The van der Waals surface area contributed by atoms with Crippen molar-refractivity contribution in [3.05, 3.63) is 66.2 Å². The van der Waals surface area contributed by atoms with Crippen LogP contribution in [0.1, 0.15) is 19.4 Å². The summed E-state index contributed by atoms with van der Waals surface area (Å²) in [6.07, 6.45) is 1.40. The van der Waals surface area contributed by atoms with Crippen LogP contribution in [-0.2, 0) is 11.2 Å². The fourth-order valence-electron chi connectivity index (χ4n) is 2.71. The topological polar surface area (TPSA) is 52.9 Å². The van der Waals surface area contributed by atoms with Crippen molar-refractivity contribution < 1.29 is 9.90 Å². The number of aliphatic hydroxyl groups is 1. The van der Waals surface area contributed by atoms with Crippen molar-refractivity contribution >= 4 is 18.0 Å². The van der Waals surface area contributed by atoms with Crippen molar-refractivity contribution in [2.24, 2.45) is 10.9 Å². The van der Waals surface area contributed by atoms with Crippen molar-refractivity contribution in [1.29, 1.82) is 0 Å². The van der Waals surface area contributed by atoms with Crippen LogP contribution in [0.4, 0.5) is 0 Å². The lowest BCUT2D eigenvalue weighted by atomic mass is 10.0. The average Bonchev–Trinajstić information content (AvgIpc) is 2.62. The van der Waals surface area contributed by atoms with E-state index in [1.54, 1.807) is 18.0 Å². The van der Waals surface area contributed by atoms with Crippen LogP contribution in [0.3, 0.4) is 0 Å². The molecule has 0 aliphatic carbocycles. The summed E-state index contributed by atoms with van der Waals surface area (Å²) >= 11 is 1.62. The standard InChI is InChI=1S/C21H26N2O2S/c1-17(2)14-23(26-19-11-7-4-8-12-19)15-21(25)20(22-16-24)13-18-9-5-3-6-10-18/h3-12,17,20-21,25H,13-15H2,1-2H3/t20-,21+/m0/s1. The van der Waals surface area contributed by atoms with Crippen LogP contribution >= 0.6 is 11.9 Å². The number of rotatable bonds is 10. The summed E-state index contributed by atoms with van der Waals surface area (Å²) in [7, 11) is 0. The molecule has 0 aliphatic rings. The number of carbonyl (C=O) groups excluding carboxylic acids is 1. The summed E-state index contributed by atoms with van der Waals surface area (Å²) in [6.45, 7) is 5.56. The lowest BCUT2D eigenvalue weighted by Crippen LogP contribution is -2.38. The summed E-state index contributed by atoms with van der Waals surface area (Å²) in [5.41, 5.74) is 1.04. The van der Waals surface area contributed by atoms with Gasteiger partial charge in [-0.3, -0.25) is 0 Å². The first-order chi connectivity index (χ1) is 12.6. The van der Waals surface area contributed by atoms with Crippen molar-refractivity contribution in [2.75, 3.05) is 13.1 Å². The average molecular weight is 371 g/mol. The number of aliphatic imine (C=N–C) groups is 1. The van der Waals surface area contributed by atoms with E-state index in [0.29, 0.717) is 18.9 Å². The van der Waals surface area contributed by atoms with Crippen molar-refractivity contribution in [1.82, 2.24) is 4.31 Å². The van der Waals surface area contributed by atoms with Gasteiger partial charge < -0.3 is 5.11 Å². The Balaban J connectivity index is 2.06. The second kappa shape index (κ2) is 10.9. The first kappa shape index (κ1) is 20.4. The predicted octanol–water partition coefficient (Wildman–Crippen LogP) is 3.96. The SMILES string of the molecule is CC(C)CN(C[C@@H](O)[C@H](Cc1ccccc1)N=C=O)Sc1ccccc1. The molecule has 26 heavy (non-hydrogen) atoms. The molecule has 0 radical (unpaired) electrons. The molecule has 0 amide bonds. The minimum atomic E-state index is -0.744. The van der Waals surface area contributed by atoms with Gasteiger partial charge in [0.2, 0.25) is 6.08 Å². The molecule has 2 atom stereocenters. The third-order valence-corrected chi connectivity index (χ3v) is 4.93. The van der Waals surface area contributed by atoms with Gasteiger partial charge in [-0.25, -0.2) is 9.10 Å². The maximum absolute atomic E-state index is 10.8. The largest absolute Gasteiger partial charge is 0.389 e. The molecule has 0 fully saturated rings. The van der Waals surface area contributed by atoms with Gasteiger partial charge in [-0.2, -0.15) is 4.99 Å². The first-order valence-electron chi connectivity index (χ1n) is 8.85. The number of hydrogen-bond donors (Lipinski definition) is 1. The van der Waals surface area contributed by atoms with Gasteiger partial charge in [0.05, 0.1) is 12.1 Å². The lowest BCUT2D eigenvalue weighted by Gasteiger charge is -2.27. The van der Waals surface area contributed by atoms with Gasteiger partial charge in [-0.1, -0.05) is 62.4 Å². The molecule has 0 unspecified atom stereocenters. The van der Waals surface area contributed by atoms with Gasteiger partial charge in [-0.15, -0.1) is 0 Å². The van der Waals surface area contributed by atoms with Crippen molar-refractivity contribution in [2.45, 2.75) is 37.3 Å². The van der Waals surface area contributed by atoms with Crippen molar-refractivity contribution in [3.63, 3.8) is 0 Å². The van der Waals surface area contributed by atoms with Gasteiger partial charge in [0.1, 0.15) is 0 Å². The smallest absolute Gasteiger partial charge is 0.235 e. The normalized spacial score (nSPS) is 13.4. The van der Waals surface area contributed by atoms with Crippen LogP contribution in [0.2, 0.25) is 0 Å². The molecule has 0 saturated heterocycles. The van der Waals surface area contributed by atoms with Crippen LogP contribution in [-0.4, -0.2) is 40.7 Å². The molecule has 4 nitrogen and oxygen atoms in total. The highest BCUT2D eigenvalue weighted by Gasteiger charge is 2.23. The zero-order chi connectivity index (χ0) is 18.8. The van der Waals surface area contributed by atoms with Crippen LogP contribution in [0.15, 0.2) is 70.6 Å². The Bertz CT molecular complexity index is 688. The van der Waals surface area contributed by atoms with Gasteiger partial charge >= 0.3 is 0 Å². The summed E-state index contributed by atoms with van der Waals surface area (Å²) < 4.78 is 2.14. The lowest BCUT2D eigenvalue weighted by molar-refractivity contribution is 0.120. The Kier molecular flexibility index (Phi) is 8.59. The zero-order valence-corrected chi connectivity index (χ0v) is 16.1. The summed E-state index contributed by atoms with van der Waals surface area (Å²) in [4.78, 5) is 15.8. The molecule has 0 heterocycles. The number of hydrogen-bond acceptors (Lipinski definition) is 5. The molecule has 2 aromatic rings. The zero-order valence-electron chi connectivity index (χ0n) is 15.3. The van der Waals surface area contributed by atoms with Gasteiger partial charge in [0, 0.05) is 18.0 Å². The van der Waals surface area contributed by atoms with E-state index in [2.05, 4.69) is 35.3 Å². The Morgan fingerprint density at radius 3 is 2.23 bits per heavy atom. The Labute approximate surface area is 160 Å². The molecule has 0 aliphatic heterocycles. The van der Waals surface area contributed by atoms with Gasteiger partial charge in [0.25, 0.3) is 0 Å². The Morgan fingerprint density at radius 1 is 1.04 bits per heavy atom. The Hall–Kier alpha value is -1.91. The first-order valence-corrected chi connectivity index (χ1v) is 9.62. The van der Waals surface area contributed by atoms with E-state index in [1.807, 2.05) is 48.5 Å². The van der Waals surface area contributed by atoms with Crippen LogP contribution in [0.25, 0.3) is 0 Å². The van der Waals surface area contributed by atoms with E-state index < -0.39 is 12.1 Å². The molecule has 0 aromatic heterocycles. The number of aliphatic hydroxyl groups excluding tert-OH is 1. The number of benzene rings is 2. The minimum absolute atomic E-state index is 0.431. The highest BCUT2D eigenvalue weighted by molar-refractivity contribution is 7.97. The second-order valence-corrected chi connectivity index (χ2v) is 7.86. The fourth-order valence-corrected chi connectivity index (χ4v) is 3.89. The maximum atomic E-state index is 10.8. The van der Waals surface area contributed by atoms with Crippen LogP contribution in [0, 0.1) is 5.92 Å². The second-order valence-electron chi connectivity index (χ2n) is 6.69. The van der Waals surface area contributed by atoms with E-state index in [-0.39, 0.29) is 0 Å². The van der Waals surface area contributed by atoms with E-state index >= 15 is 0 Å². The van der Waals surface area contributed by atoms with Crippen molar-refractivity contribution in [3.8, 4) is 0 Å². The van der Waals surface area contributed by atoms with E-state index in [9.17, 15) is 9.90 Å². The molecular formula is C21H26N2O2S. The third kappa shape index (κ3) is 7.14. The van der Waals surface area contributed by atoms with Gasteiger partial charge in [0.15, 0.2) is 0 Å². The summed E-state index contributed by atoms with van der Waals surface area (Å²) in [5.74, 6) is 0.459. The van der Waals surface area contributed by atoms with E-state index in [4.69, 9.17) is 0 Å². The molecule has 1 N–H and O–H groups in total. The maximum Gasteiger partial charge on any atom is 0.235 e. The quantitative estimate of drug-likeness (QED) is 0.391. The predicted molar refractivity (Wildman–Crippen MR) is 107 cm³/mol. The highest BCUT2D eigenvalue weighted by atomic mass is 32.2. The number of isocyanates is 1. The Morgan fingerprint density at radius 2 is 1.65 bits per heavy atom. The molecule has 2 rings (SSSR count). The molecule has 0 spiro atoms. The summed E-state index contributed by atoms with van der Waals surface area (Å²) in [5, 5.41) is 10.7. The number of nitrogens with zero attached hydrogens (tertiary/aromatic N) is 2. The monoisotopic (exact) mass is 370 g/mol. The third-order valence-electron chi connectivity index (χ3n) is 3.89. The molecule has 0 saturated carbocycles. The van der Waals surface area contributed by atoms with Gasteiger partial charge in [-0.05, 0) is 42.0 Å². The molecule has 138 valence electrons. The molecular weight excluding hydrogens is 344 g/mol. The van der Waals surface area contributed by atoms with Crippen LogP contribution in [0.5, 0.6) is 0 Å². The fraction of sp³-hybridized carbons (Fsp3) is 0.381.